The van der Waals surface area contributed by atoms with Crippen molar-refractivity contribution in [3.63, 3.8) is 0 Å². The summed E-state index contributed by atoms with van der Waals surface area (Å²) in [5.74, 6) is 0.850. The maximum absolute atomic E-state index is 13.1. The number of benzene rings is 2. The van der Waals surface area contributed by atoms with Crippen molar-refractivity contribution in [1.82, 2.24) is 30.0 Å². The van der Waals surface area contributed by atoms with E-state index in [0.717, 1.165) is 67.0 Å². The van der Waals surface area contributed by atoms with Crippen LogP contribution < -0.4 is 15.0 Å². The molecule has 0 spiro atoms. The van der Waals surface area contributed by atoms with Gasteiger partial charge in [-0.1, -0.05) is 0 Å². The van der Waals surface area contributed by atoms with Crippen molar-refractivity contribution in [1.29, 1.82) is 0 Å². The predicted octanol–water partition coefficient (Wildman–Crippen LogP) is 5.28. The summed E-state index contributed by atoms with van der Waals surface area (Å²) in [5, 5.41) is 10.9. The summed E-state index contributed by atoms with van der Waals surface area (Å²) in [7, 11) is 1.70. The van der Waals surface area contributed by atoms with Crippen LogP contribution in [0.2, 0.25) is 0 Å². The van der Waals surface area contributed by atoms with Crippen LogP contribution in [-0.2, 0) is 6.54 Å². The highest BCUT2D eigenvalue weighted by molar-refractivity contribution is 5.97. The summed E-state index contributed by atoms with van der Waals surface area (Å²) in [6.45, 7) is 11.9. The number of nitrogens with one attached hydrogen (secondary N) is 1. The van der Waals surface area contributed by atoms with Crippen LogP contribution in [0.15, 0.2) is 67.5 Å². The molecule has 1 atom stereocenters. The number of ether oxygens (including phenoxy) is 1. The van der Waals surface area contributed by atoms with E-state index >= 15 is 0 Å². The van der Waals surface area contributed by atoms with Crippen molar-refractivity contribution in [2.45, 2.75) is 65.6 Å². The molecule has 1 saturated heterocycles. The zero-order chi connectivity index (χ0) is 30.3. The van der Waals surface area contributed by atoms with Gasteiger partial charge in [-0.05, 0) is 112 Å². The summed E-state index contributed by atoms with van der Waals surface area (Å²) in [6, 6.07) is 15.3. The molecule has 9 nitrogen and oxygen atoms in total. The molecular formula is C34H43N7O2. The maximum Gasteiger partial charge on any atom is 0.251 e. The van der Waals surface area contributed by atoms with Gasteiger partial charge in [-0.15, -0.1) is 10.2 Å². The number of carbonyl (C=O) groups excluding carboxylic acids is 1. The van der Waals surface area contributed by atoms with Gasteiger partial charge in [0, 0.05) is 67.6 Å². The Labute approximate surface area is 254 Å². The lowest BCUT2D eigenvalue weighted by molar-refractivity contribution is 0.0944. The molecule has 1 N–H and O–H groups in total. The van der Waals surface area contributed by atoms with Crippen LogP contribution in [0.4, 0.5) is 5.69 Å². The summed E-state index contributed by atoms with van der Waals surface area (Å²) >= 11 is 0. The Hall–Kier alpha value is -4.24. The fourth-order valence-corrected chi connectivity index (χ4v) is 6.14. The van der Waals surface area contributed by atoms with Crippen molar-refractivity contribution in [3.05, 3.63) is 95.3 Å². The van der Waals surface area contributed by atoms with E-state index in [-0.39, 0.29) is 5.91 Å². The molecule has 1 aliphatic rings. The summed E-state index contributed by atoms with van der Waals surface area (Å²) in [4.78, 5) is 22.6. The quantitative estimate of drug-likeness (QED) is 0.258. The Morgan fingerprint density at radius 3 is 2.33 bits per heavy atom. The van der Waals surface area contributed by atoms with Gasteiger partial charge in [0.05, 0.1) is 7.11 Å². The molecule has 0 unspecified atom stereocenters. The van der Waals surface area contributed by atoms with Crippen molar-refractivity contribution >= 4 is 11.6 Å². The van der Waals surface area contributed by atoms with E-state index in [1.54, 1.807) is 19.8 Å². The van der Waals surface area contributed by atoms with Crippen molar-refractivity contribution in [2.24, 2.45) is 0 Å². The number of aromatic nitrogens is 4. The molecule has 0 aliphatic carbocycles. The average Bonchev–Trinajstić information content (AvgIpc) is 3.56. The largest absolute Gasteiger partial charge is 0.497 e. The average molecular weight is 582 g/mol. The van der Waals surface area contributed by atoms with Crippen LogP contribution in [-0.4, -0.2) is 69.4 Å². The van der Waals surface area contributed by atoms with E-state index in [9.17, 15) is 4.79 Å². The Kier molecular flexibility index (Phi) is 9.72. The minimum Gasteiger partial charge on any atom is -0.497 e. The topological polar surface area (TPSA) is 88.4 Å². The number of carbonyl (C=O) groups is 1. The molecule has 4 aromatic rings. The third-order valence-corrected chi connectivity index (χ3v) is 8.76. The zero-order valence-electron chi connectivity index (χ0n) is 26.0. The SMILES string of the molecule is COc1ccc(N(Cc2cnccc2C)C2CCN([C@H](C)CCNC(=O)c3c(C)cc(-n4cnnc4)cc3C)CC2)cc1. The van der Waals surface area contributed by atoms with Crippen molar-refractivity contribution < 1.29 is 9.53 Å². The molecule has 2 aromatic heterocycles. The van der Waals surface area contributed by atoms with Gasteiger partial charge in [0.1, 0.15) is 18.4 Å². The van der Waals surface area contributed by atoms with Gasteiger partial charge >= 0.3 is 0 Å². The fraction of sp³-hybridized carbons (Fsp3) is 0.412. The van der Waals surface area contributed by atoms with Crippen LogP contribution in [0, 0.1) is 20.8 Å². The number of rotatable bonds is 11. The van der Waals surface area contributed by atoms with Gasteiger partial charge in [0.2, 0.25) is 0 Å². The summed E-state index contributed by atoms with van der Waals surface area (Å²) < 4.78 is 7.26. The van der Waals surface area contributed by atoms with E-state index in [0.29, 0.717) is 18.6 Å². The number of likely N-dealkylation sites (tertiary alicyclic amines) is 1. The molecular weight excluding hydrogens is 538 g/mol. The lowest BCUT2D eigenvalue weighted by atomic mass is 9.98. The lowest BCUT2D eigenvalue weighted by Crippen LogP contribution is -2.48. The van der Waals surface area contributed by atoms with Crippen LogP contribution in [0.1, 0.15) is 58.8 Å². The molecule has 0 bridgehead atoms. The second-order valence-electron chi connectivity index (χ2n) is 11.6. The van der Waals surface area contributed by atoms with Gasteiger partial charge in [-0.3, -0.25) is 14.3 Å². The number of nitrogens with zero attached hydrogens (tertiary/aromatic N) is 6. The molecule has 1 aliphatic heterocycles. The van der Waals surface area contributed by atoms with E-state index in [1.165, 1.54) is 16.8 Å². The number of hydrogen-bond acceptors (Lipinski definition) is 7. The van der Waals surface area contributed by atoms with Gasteiger partial charge < -0.3 is 19.9 Å². The molecule has 1 amide bonds. The summed E-state index contributed by atoms with van der Waals surface area (Å²) in [5.41, 5.74) is 7.31. The molecule has 1 fully saturated rings. The first-order valence-electron chi connectivity index (χ1n) is 15.1. The Morgan fingerprint density at radius 1 is 1.02 bits per heavy atom. The molecule has 0 saturated carbocycles. The molecule has 9 heteroatoms. The normalized spacial score (nSPS) is 14.8. The summed E-state index contributed by atoms with van der Waals surface area (Å²) in [6.07, 6.45) is 10.2. The molecule has 43 heavy (non-hydrogen) atoms. The first-order chi connectivity index (χ1) is 20.8. The van der Waals surface area contributed by atoms with Crippen LogP contribution in [0.5, 0.6) is 5.75 Å². The molecule has 226 valence electrons. The van der Waals surface area contributed by atoms with Gasteiger partial charge in [-0.2, -0.15) is 0 Å². The Bertz CT molecular complexity index is 1470. The van der Waals surface area contributed by atoms with E-state index in [2.05, 4.69) is 62.3 Å². The third kappa shape index (κ3) is 7.22. The standard InChI is InChI=1S/C34H43N7O2/c1-24-10-14-35-20-28(24)21-41(29-6-8-32(43-5)9-7-29)30-12-16-39(17-13-30)27(4)11-15-36-34(42)33-25(2)18-31(19-26(33)3)40-22-37-38-23-40/h6-10,14,18-20,22-23,27,30H,11-13,15-17,21H2,1-5H3,(H,36,42)/t27-/m1/s1. The second-order valence-corrected chi connectivity index (χ2v) is 11.6. The molecule has 2 aromatic carbocycles. The number of hydrogen-bond donors (Lipinski definition) is 1. The first-order valence-corrected chi connectivity index (χ1v) is 15.1. The first kappa shape index (κ1) is 30.2. The molecule has 3 heterocycles. The van der Waals surface area contributed by atoms with Crippen LogP contribution in [0.25, 0.3) is 5.69 Å². The smallest absolute Gasteiger partial charge is 0.251 e. The van der Waals surface area contributed by atoms with Gasteiger partial charge in [-0.25, -0.2) is 0 Å². The highest BCUT2D eigenvalue weighted by Crippen LogP contribution is 2.29. The van der Waals surface area contributed by atoms with Crippen LogP contribution in [0.3, 0.4) is 0 Å². The number of amides is 1. The number of pyridine rings is 1. The number of piperidine rings is 1. The minimum absolute atomic E-state index is 0.0166. The number of anilines is 1. The zero-order valence-corrected chi connectivity index (χ0v) is 26.0. The van der Waals surface area contributed by atoms with Gasteiger partial charge in [0.15, 0.2) is 0 Å². The predicted molar refractivity (Wildman–Crippen MR) is 170 cm³/mol. The van der Waals surface area contributed by atoms with Crippen LogP contribution >= 0.6 is 0 Å². The third-order valence-electron chi connectivity index (χ3n) is 8.76. The Balaban J connectivity index is 1.16. The fourth-order valence-electron chi connectivity index (χ4n) is 6.14. The Morgan fingerprint density at radius 2 is 1.70 bits per heavy atom. The molecule has 5 rings (SSSR count). The van der Waals surface area contributed by atoms with E-state index in [1.807, 2.05) is 55.1 Å². The monoisotopic (exact) mass is 581 g/mol. The molecule has 0 radical (unpaired) electrons. The van der Waals surface area contributed by atoms with Crippen molar-refractivity contribution in [2.75, 3.05) is 31.6 Å². The van der Waals surface area contributed by atoms with E-state index < -0.39 is 0 Å². The highest BCUT2D eigenvalue weighted by Gasteiger charge is 2.28. The number of methoxy groups -OCH3 is 1. The van der Waals surface area contributed by atoms with Crippen molar-refractivity contribution in [3.8, 4) is 11.4 Å². The second kappa shape index (κ2) is 13.8. The maximum atomic E-state index is 13.1. The van der Waals surface area contributed by atoms with Gasteiger partial charge in [0.25, 0.3) is 5.91 Å². The highest BCUT2D eigenvalue weighted by atomic mass is 16.5. The number of aryl methyl sites for hydroxylation is 3. The van der Waals surface area contributed by atoms with E-state index in [4.69, 9.17) is 4.74 Å². The lowest BCUT2D eigenvalue weighted by Gasteiger charge is -2.42. The minimum atomic E-state index is -0.0166.